The van der Waals surface area contributed by atoms with Crippen LogP contribution in [-0.4, -0.2) is 11.6 Å². The first-order valence-electron chi connectivity index (χ1n) is 2.46. The summed E-state index contributed by atoms with van der Waals surface area (Å²) >= 11 is 3.97. The Balaban J connectivity index is 2.99. The molecular formula is C4H11N3S. The Morgan fingerprint density at radius 2 is 2.38 bits per heavy atom. The molecule has 0 aromatic carbocycles. The Labute approximate surface area is 54.5 Å². The summed E-state index contributed by atoms with van der Waals surface area (Å²) in [6, 6.07) is 0. The maximum Gasteiger partial charge on any atom is 0.107 e. The van der Waals surface area contributed by atoms with Crippen molar-refractivity contribution in [1.82, 2.24) is 5.43 Å². The van der Waals surface area contributed by atoms with Crippen molar-refractivity contribution in [1.29, 1.82) is 5.41 Å². The van der Waals surface area contributed by atoms with Crippen LogP contribution in [0.1, 0.15) is 12.8 Å². The average Bonchev–Trinajstić information content (AvgIpc) is 1.83. The third-order valence-corrected chi connectivity index (χ3v) is 1.08. The van der Waals surface area contributed by atoms with Crippen LogP contribution in [0.25, 0.3) is 0 Å². The number of nitrogens with one attached hydrogen (secondary N) is 2. The summed E-state index contributed by atoms with van der Waals surface area (Å²) in [5.41, 5.74) is 2.25. The summed E-state index contributed by atoms with van der Waals surface area (Å²) < 4.78 is 0. The minimum atomic E-state index is 0.374. The van der Waals surface area contributed by atoms with Crippen LogP contribution in [0, 0.1) is 5.41 Å². The third kappa shape index (κ3) is 3.95. The van der Waals surface area contributed by atoms with Gasteiger partial charge in [-0.3, -0.25) is 5.41 Å². The maximum absolute atomic E-state index is 6.97. The van der Waals surface area contributed by atoms with Gasteiger partial charge >= 0.3 is 0 Å². The lowest BCUT2D eigenvalue weighted by Crippen LogP contribution is -2.29. The SMILES string of the molecule is N=C(CCCS)NN. The molecule has 0 amide bonds. The van der Waals surface area contributed by atoms with Gasteiger partial charge in [-0.15, -0.1) is 0 Å². The van der Waals surface area contributed by atoms with Gasteiger partial charge in [-0.2, -0.15) is 12.6 Å². The van der Waals surface area contributed by atoms with Crippen molar-refractivity contribution in [3.63, 3.8) is 0 Å². The number of hydrogen-bond acceptors (Lipinski definition) is 3. The minimum Gasteiger partial charge on any atom is -0.312 e. The number of amidine groups is 1. The number of rotatable bonds is 3. The number of hydrogen-bond donors (Lipinski definition) is 4. The second-order valence-electron chi connectivity index (χ2n) is 1.45. The minimum absolute atomic E-state index is 0.374. The zero-order chi connectivity index (χ0) is 6.41. The Morgan fingerprint density at radius 3 is 2.75 bits per heavy atom. The molecule has 0 heterocycles. The molecule has 0 saturated heterocycles. The number of hydrazine groups is 1. The van der Waals surface area contributed by atoms with Crippen molar-refractivity contribution in [2.24, 2.45) is 5.84 Å². The maximum atomic E-state index is 6.97. The Kier molecular flexibility index (Phi) is 4.79. The Hall–Kier alpha value is -0.220. The number of nitrogens with two attached hydrogens (primary N) is 1. The first-order chi connectivity index (χ1) is 3.81. The van der Waals surface area contributed by atoms with Crippen molar-refractivity contribution < 1.29 is 0 Å². The summed E-state index contributed by atoms with van der Waals surface area (Å²) in [5, 5.41) is 6.97. The van der Waals surface area contributed by atoms with Crippen molar-refractivity contribution >= 4 is 18.5 Å². The average molecular weight is 133 g/mol. The van der Waals surface area contributed by atoms with Crippen LogP contribution in [0.15, 0.2) is 0 Å². The molecule has 0 atom stereocenters. The topological polar surface area (TPSA) is 61.9 Å². The molecule has 48 valence electrons. The molecule has 0 fully saturated rings. The summed E-state index contributed by atoms with van der Waals surface area (Å²) in [4.78, 5) is 0. The van der Waals surface area contributed by atoms with Crippen LogP contribution in [0.4, 0.5) is 0 Å². The molecule has 4 heteroatoms. The Bertz CT molecular complexity index is 73.7. The standard InChI is InChI=1S/C4H11N3S/c5-4(7-6)2-1-3-8/h8H,1-3,6H2,(H2,5,7). The molecule has 8 heavy (non-hydrogen) atoms. The third-order valence-electron chi connectivity index (χ3n) is 0.759. The molecule has 0 bridgehead atoms. The lowest BCUT2D eigenvalue weighted by atomic mass is 10.3. The molecule has 0 aromatic heterocycles. The fraction of sp³-hybridized carbons (Fsp3) is 0.750. The fourth-order valence-corrected chi connectivity index (χ4v) is 0.486. The molecular weight excluding hydrogens is 122 g/mol. The van der Waals surface area contributed by atoms with Gasteiger partial charge in [0.25, 0.3) is 0 Å². The molecule has 0 aromatic rings. The van der Waals surface area contributed by atoms with E-state index in [-0.39, 0.29) is 0 Å². The van der Waals surface area contributed by atoms with E-state index in [1.165, 1.54) is 0 Å². The molecule has 0 aliphatic carbocycles. The van der Waals surface area contributed by atoms with E-state index in [0.29, 0.717) is 12.3 Å². The highest BCUT2D eigenvalue weighted by molar-refractivity contribution is 7.80. The second kappa shape index (κ2) is 4.93. The van der Waals surface area contributed by atoms with Gasteiger partial charge < -0.3 is 5.43 Å². The quantitative estimate of drug-likeness (QED) is 0.145. The van der Waals surface area contributed by atoms with E-state index >= 15 is 0 Å². The zero-order valence-electron chi connectivity index (χ0n) is 4.65. The second-order valence-corrected chi connectivity index (χ2v) is 1.90. The van der Waals surface area contributed by atoms with Gasteiger partial charge in [-0.25, -0.2) is 5.84 Å². The lowest BCUT2D eigenvalue weighted by molar-refractivity contribution is 0.905. The molecule has 0 saturated carbocycles. The van der Waals surface area contributed by atoms with Gasteiger partial charge in [0.1, 0.15) is 5.84 Å². The van der Waals surface area contributed by atoms with E-state index in [0.717, 1.165) is 12.2 Å². The normalized spacial score (nSPS) is 8.75. The highest BCUT2D eigenvalue weighted by Gasteiger charge is 1.88. The molecule has 0 spiro atoms. The summed E-state index contributed by atoms with van der Waals surface area (Å²) in [6.07, 6.45) is 1.60. The van der Waals surface area contributed by atoms with E-state index in [1.807, 2.05) is 0 Å². The molecule has 0 radical (unpaired) electrons. The van der Waals surface area contributed by atoms with Crippen LogP contribution in [0.3, 0.4) is 0 Å². The van der Waals surface area contributed by atoms with Crippen LogP contribution < -0.4 is 11.3 Å². The van der Waals surface area contributed by atoms with Crippen LogP contribution in [0.5, 0.6) is 0 Å². The molecule has 0 aliphatic rings. The largest absolute Gasteiger partial charge is 0.312 e. The molecule has 0 unspecified atom stereocenters. The van der Waals surface area contributed by atoms with E-state index in [4.69, 9.17) is 11.3 Å². The molecule has 0 aliphatic heterocycles. The van der Waals surface area contributed by atoms with Crippen molar-refractivity contribution in [2.45, 2.75) is 12.8 Å². The predicted octanol–water partition coefficient (Wildman–Crippen LogP) is 0.137. The summed E-state index contributed by atoms with van der Waals surface area (Å²) in [6.45, 7) is 0. The summed E-state index contributed by atoms with van der Waals surface area (Å²) in [5.74, 6) is 6.10. The van der Waals surface area contributed by atoms with E-state index < -0.39 is 0 Å². The highest BCUT2D eigenvalue weighted by Crippen LogP contribution is 1.89. The number of thiol groups is 1. The van der Waals surface area contributed by atoms with Crippen molar-refractivity contribution in [3.8, 4) is 0 Å². The van der Waals surface area contributed by atoms with Crippen molar-refractivity contribution in [3.05, 3.63) is 0 Å². The van der Waals surface area contributed by atoms with Crippen LogP contribution >= 0.6 is 12.6 Å². The van der Waals surface area contributed by atoms with Crippen molar-refractivity contribution in [2.75, 3.05) is 5.75 Å². The first kappa shape index (κ1) is 7.78. The van der Waals surface area contributed by atoms with E-state index in [2.05, 4.69) is 18.1 Å². The van der Waals surface area contributed by atoms with E-state index in [9.17, 15) is 0 Å². The molecule has 3 nitrogen and oxygen atoms in total. The molecule has 4 N–H and O–H groups in total. The van der Waals surface area contributed by atoms with Crippen LogP contribution in [-0.2, 0) is 0 Å². The van der Waals surface area contributed by atoms with Gasteiger partial charge in [-0.05, 0) is 12.2 Å². The monoisotopic (exact) mass is 133 g/mol. The van der Waals surface area contributed by atoms with Gasteiger partial charge in [0, 0.05) is 6.42 Å². The molecule has 0 rings (SSSR count). The van der Waals surface area contributed by atoms with Crippen LogP contribution in [0.2, 0.25) is 0 Å². The summed E-state index contributed by atoms with van der Waals surface area (Å²) in [7, 11) is 0. The fourth-order valence-electron chi connectivity index (χ4n) is 0.328. The smallest absolute Gasteiger partial charge is 0.107 e. The highest BCUT2D eigenvalue weighted by atomic mass is 32.1. The van der Waals surface area contributed by atoms with Gasteiger partial charge in [0.2, 0.25) is 0 Å². The predicted molar refractivity (Wildman–Crippen MR) is 38.1 cm³/mol. The van der Waals surface area contributed by atoms with Gasteiger partial charge in [0.05, 0.1) is 0 Å². The Morgan fingerprint density at radius 1 is 1.75 bits per heavy atom. The zero-order valence-corrected chi connectivity index (χ0v) is 5.54. The lowest BCUT2D eigenvalue weighted by Gasteiger charge is -1.97. The van der Waals surface area contributed by atoms with E-state index in [1.54, 1.807) is 0 Å². The van der Waals surface area contributed by atoms with Gasteiger partial charge in [0.15, 0.2) is 0 Å². The first-order valence-corrected chi connectivity index (χ1v) is 3.09. The van der Waals surface area contributed by atoms with Gasteiger partial charge in [-0.1, -0.05) is 0 Å².